The third-order valence-electron chi connectivity index (χ3n) is 1.99. The Bertz CT molecular complexity index is 364. The van der Waals surface area contributed by atoms with Crippen molar-refractivity contribution in [2.24, 2.45) is 0 Å². The fraction of sp³-hybridized carbons (Fsp3) is 0.455. The molecular formula is C11H17O3PS. The maximum absolute atomic E-state index is 9.75. The van der Waals surface area contributed by atoms with Gasteiger partial charge in [0.2, 0.25) is 0 Å². The van der Waals surface area contributed by atoms with Crippen LogP contribution in [0.15, 0.2) is 24.3 Å². The minimum atomic E-state index is -3.13. The SMILES string of the molecule is CCCCOP(O)(=S)Oc1ccc(C)cc1. The smallest absolute Gasteiger partial charge is 0.377 e. The molecule has 0 radical (unpaired) electrons. The molecule has 1 unspecified atom stereocenters. The van der Waals surface area contributed by atoms with Gasteiger partial charge in [0.1, 0.15) is 5.75 Å². The first-order valence-corrected chi connectivity index (χ1v) is 7.86. The molecule has 0 aliphatic rings. The van der Waals surface area contributed by atoms with Crippen molar-refractivity contribution in [3.8, 4) is 5.75 Å². The Morgan fingerprint density at radius 1 is 1.31 bits per heavy atom. The molecule has 16 heavy (non-hydrogen) atoms. The van der Waals surface area contributed by atoms with Crippen LogP contribution in [0.1, 0.15) is 25.3 Å². The molecule has 0 aliphatic heterocycles. The second kappa shape index (κ2) is 6.36. The van der Waals surface area contributed by atoms with Gasteiger partial charge in [-0.05, 0) is 25.5 Å². The monoisotopic (exact) mass is 260 g/mol. The summed E-state index contributed by atoms with van der Waals surface area (Å²) in [6.45, 7) is 1.34. The molecule has 0 saturated heterocycles. The zero-order valence-corrected chi connectivity index (χ0v) is 11.3. The van der Waals surface area contributed by atoms with E-state index < -0.39 is 6.72 Å². The summed E-state index contributed by atoms with van der Waals surface area (Å²) in [5.41, 5.74) is 1.13. The number of aryl methyl sites for hydroxylation is 1. The maximum atomic E-state index is 9.75. The van der Waals surface area contributed by atoms with Crippen molar-refractivity contribution in [3.63, 3.8) is 0 Å². The molecule has 1 atom stereocenters. The summed E-state index contributed by atoms with van der Waals surface area (Å²) in [7, 11) is 0. The van der Waals surface area contributed by atoms with Gasteiger partial charge < -0.3 is 9.42 Å². The lowest BCUT2D eigenvalue weighted by Crippen LogP contribution is -1.98. The molecule has 0 amide bonds. The summed E-state index contributed by atoms with van der Waals surface area (Å²) < 4.78 is 10.4. The number of rotatable bonds is 6. The summed E-state index contributed by atoms with van der Waals surface area (Å²) in [5.74, 6) is 0.549. The molecule has 1 N–H and O–H groups in total. The van der Waals surface area contributed by atoms with Crippen LogP contribution in [0.5, 0.6) is 5.75 Å². The van der Waals surface area contributed by atoms with E-state index in [0.717, 1.165) is 18.4 Å². The Morgan fingerprint density at radius 2 is 1.94 bits per heavy atom. The van der Waals surface area contributed by atoms with E-state index in [4.69, 9.17) is 20.9 Å². The highest BCUT2D eigenvalue weighted by Gasteiger charge is 2.16. The predicted octanol–water partition coefficient (Wildman–Crippen LogP) is 3.41. The minimum absolute atomic E-state index is 0.441. The van der Waals surface area contributed by atoms with E-state index in [-0.39, 0.29) is 0 Å². The first-order chi connectivity index (χ1) is 7.53. The summed E-state index contributed by atoms with van der Waals surface area (Å²) in [5, 5.41) is 0. The molecule has 0 spiro atoms. The third-order valence-corrected chi connectivity index (χ3v) is 3.48. The summed E-state index contributed by atoms with van der Waals surface area (Å²) >= 11 is 4.89. The molecule has 0 aliphatic carbocycles. The van der Waals surface area contributed by atoms with Crippen LogP contribution >= 0.6 is 6.72 Å². The normalized spacial score (nSPS) is 14.4. The van der Waals surface area contributed by atoms with Crippen molar-refractivity contribution in [1.29, 1.82) is 0 Å². The van der Waals surface area contributed by atoms with E-state index >= 15 is 0 Å². The fourth-order valence-electron chi connectivity index (χ4n) is 1.08. The molecule has 0 aromatic heterocycles. The minimum Gasteiger partial charge on any atom is -0.424 e. The molecule has 1 aromatic carbocycles. The molecule has 0 heterocycles. The van der Waals surface area contributed by atoms with E-state index in [9.17, 15) is 4.89 Å². The number of hydrogen-bond donors (Lipinski definition) is 1. The quantitative estimate of drug-likeness (QED) is 0.628. The number of hydrogen-bond acceptors (Lipinski definition) is 3. The van der Waals surface area contributed by atoms with Gasteiger partial charge in [0.15, 0.2) is 0 Å². The molecule has 3 nitrogen and oxygen atoms in total. The Morgan fingerprint density at radius 3 is 2.50 bits per heavy atom. The molecule has 1 rings (SSSR count). The van der Waals surface area contributed by atoms with Crippen molar-refractivity contribution in [2.45, 2.75) is 26.7 Å². The standard InChI is InChI=1S/C11H17O3PS/c1-3-4-9-13-15(12,16)14-11-7-5-10(2)6-8-11/h5-8H,3-4,9H2,1-2H3,(H,12,16). The van der Waals surface area contributed by atoms with Gasteiger partial charge in [0, 0.05) is 11.8 Å². The Balaban J connectivity index is 2.51. The van der Waals surface area contributed by atoms with Gasteiger partial charge in [-0.3, -0.25) is 4.52 Å². The Labute approximate surface area is 102 Å². The van der Waals surface area contributed by atoms with Crippen LogP contribution in [0.3, 0.4) is 0 Å². The first kappa shape index (κ1) is 13.7. The largest absolute Gasteiger partial charge is 0.424 e. The highest BCUT2D eigenvalue weighted by atomic mass is 32.5. The van der Waals surface area contributed by atoms with E-state index in [1.54, 1.807) is 12.1 Å². The van der Waals surface area contributed by atoms with Crippen LogP contribution in [0.4, 0.5) is 0 Å². The van der Waals surface area contributed by atoms with Crippen LogP contribution in [0.25, 0.3) is 0 Å². The average Bonchev–Trinajstić information content (AvgIpc) is 2.21. The van der Waals surface area contributed by atoms with E-state index in [2.05, 4.69) is 0 Å². The lowest BCUT2D eigenvalue weighted by atomic mass is 10.2. The molecule has 5 heteroatoms. The second-order valence-corrected chi connectivity index (χ2v) is 6.32. The van der Waals surface area contributed by atoms with Crippen molar-refractivity contribution in [2.75, 3.05) is 6.61 Å². The zero-order valence-electron chi connectivity index (χ0n) is 9.55. The third kappa shape index (κ3) is 5.08. The Kier molecular flexibility index (Phi) is 5.42. The van der Waals surface area contributed by atoms with Crippen LogP contribution in [0, 0.1) is 6.92 Å². The van der Waals surface area contributed by atoms with Crippen molar-refractivity contribution in [3.05, 3.63) is 29.8 Å². The Hall–Kier alpha value is -0.410. The fourth-order valence-corrected chi connectivity index (χ4v) is 2.37. The van der Waals surface area contributed by atoms with Crippen molar-refractivity contribution < 1.29 is 13.9 Å². The zero-order chi connectivity index (χ0) is 12.0. The van der Waals surface area contributed by atoms with Gasteiger partial charge in [-0.1, -0.05) is 31.0 Å². The van der Waals surface area contributed by atoms with Gasteiger partial charge >= 0.3 is 6.72 Å². The van der Waals surface area contributed by atoms with Gasteiger partial charge in [-0.25, -0.2) is 0 Å². The predicted molar refractivity (Wildman–Crippen MR) is 69.2 cm³/mol. The van der Waals surface area contributed by atoms with E-state index in [1.165, 1.54) is 0 Å². The number of benzene rings is 1. The summed E-state index contributed by atoms with van der Waals surface area (Å²) in [6.07, 6.45) is 1.87. The number of unbranched alkanes of at least 4 members (excludes halogenated alkanes) is 1. The lowest BCUT2D eigenvalue weighted by molar-refractivity contribution is 0.253. The highest BCUT2D eigenvalue weighted by molar-refractivity contribution is 8.07. The topological polar surface area (TPSA) is 38.7 Å². The molecular weight excluding hydrogens is 243 g/mol. The first-order valence-electron chi connectivity index (χ1n) is 5.27. The van der Waals surface area contributed by atoms with E-state index in [0.29, 0.717) is 12.4 Å². The van der Waals surface area contributed by atoms with Gasteiger partial charge in [0.25, 0.3) is 0 Å². The van der Waals surface area contributed by atoms with E-state index in [1.807, 2.05) is 26.0 Å². The molecule has 1 aromatic rings. The van der Waals surface area contributed by atoms with Gasteiger partial charge in [0.05, 0.1) is 6.61 Å². The maximum Gasteiger partial charge on any atom is 0.377 e. The van der Waals surface area contributed by atoms with Crippen LogP contribution in [-0.4, -0.2) is 11.5 Å². The summed E-state index contributed by atoms with van der Waals surface area (Å²) in [6, 6.07) is 7.35. The van der Waals surface area contributed by atoms with Gasteiger partial charge in [-0.2, -0.15) is 0 Å². The van der Waals surface area contributed by atoms with Gasteiger partial charge in [-0.15, -0.1) is 0 Å². The van der Waals surface area contributed by atoms with Crippen LogP contribution in [-0.2, 0) is 16.3 Å². The van der Waals surface area contributed by atoms with Crippen molar-refractivity contribution >= 4 is 18.5 Å². The lowest BCUT2D eigenvalue weighted by Gasteiger charge is -2.16. The van der Waals surface area contributed by atoms with Crippen LogP contribution in [0.2, 0.25) is 0 Å². The molecule has 0 fully saturated rings. The molecule has 90 valence electrons. The second-order valence-electron chi connectivity index (χ2n) is 3.56. The van der Waals surface area contributed by atoms with Crippen molar-refractivity contribution in [1.82, 2.24) is 0 Å². The molecule has 0 saturated carbocycles. The molecule has 0 bridgehead atoms. The van der Waals surface area contributed by atoms with Crippen LogP contribution < -0.4 is 4.52 Å². The average molecular weight is 260 g/mol. The summed E-state index contributed by atoms with van der Waals surface area (Å²) in [4.78, 5) is 9.75. The highest BCUT2D eigenvalue weighted by Crippen LogP contribution is 2.44.